The van der Waals surface area contributed by atoms with Gasteiger partial charge in [-0.2, -0.15) is 0 Å². The maximum Gasteiger partial charge on any atom is 0.0499 e. The molecular weight excluding hydrogens is 256 g/mol. The van der Waals surface area contributed by atoms with Crippen LogP contribution in [0.25, 0.3) is 0 Å². The van der Waals surface area contributed by atoms with Crippen LogP contribution in [0.2, 0.25) is 0 Å². The van der Waals surface area contributed by atoms with E-state index in [0.29, 0.717) is 12.0 Å². The van der Waals surface area contributed by atoms with Crippen LogP contribution < -0.4 is 5.73 Å². The minimum absolute atomic E-state index is 0.273. The van der Waals surface area contributed by atoms with Crippen LogP contribution in [0.1, 0.15) is 63.6 Å². The normalized spacial score (nSPS) is 24.2. The van der Waals surface area contributed by atoms with Gasteiger partial charge in [-0.05, 0) is 55.8 Å². The van der Waals surface area contributed by atoms with Gasteiger partial charge in [-0.15, -0.1) is 0 Å². The largest absolute Gasteiger partial charge is 0.326 e. The molecule has 0 aromatic heterocycles. The van der Waals surface area contributed by atoms with Gasteiger partial charge in [0.15, 0.2) is 0 Å². The van der Waals surface area contributed by atoms with Crippen molar-refractivity contribution in [3.8, 4) is 0 Å². The first kappa shape index (κ1) is 16.5. The van der Waals surface area contributed by atoms with Gasteiger partial charge < -0.3 is 5.73 Å². The molecule has 1 heterocycles. The molecule has 2 unspecified atom stereocenters. The second-order valence-corrected chi connectivity index (χ2v) is 6.98. The second-order valence-electron chi connectivity index (χ2n) is 6.98. The fraction of sp³-hybridized carbons (Fsp3) is 0.684. The Kier molecular flexibility index (Phi) is 6.25. The number of hydrogen-bond donors (Lipinski definition) is 1. The first-order valence-electron chi connectivity index (χ1n) is 8.70. The smallest absolute Gasteiger partial charge is 0.0499 e. The highest BCUT2D eigenvalue weighted by Gasteiger charge is 2.28. The number of nitrogens with two attached hydrogens (primary N) is 1. The summed E-state index contributed by atoms with van der Waals surface area (Å²) in [5.41, 5.74) is 9.36. The summed E-state index contributed by atoms with van der Waals surface area (Å²) < 4.78 is 0. The average molecular weight is 288 g/mol. The maximum atomic E-state index is 6.51. The van der Waals surface area contributed by atoms with Crippen LogP contribution in [0.3, 0.4) is 0 Å². The molecule has 2 nitrogen and oxygen atoms in total. The van der Waals surface area contributed by atoms with E-state index in [1.54, 1.807) is 0 Å². The van der Waals surface area contributed by atoms with Crippen LogP contribution in [0.5, 0.6) is 0 Å². The Hall–Kier alpha value is -0.860. The molecule has 2 atom stereocenters. The second kappa shape index (κ2) is 7.95. The van der Waals surface area contributed by atoms with Crippen LogP contribution in [0, 0.1) is 5.92 Å². The van der Waals surface area contributed by atoms with E-state index in [1.807, 2.05) is 0 Å². The molecule has 0 aliphatic carbocycles. The highest BCUT2D eigenvalue weighted by Crippen LogP contribution is 2.30. The van der Waals surface area contributed by atoms with Crippen LogP contribution in [-0.4, -0.2) is 24.0 Å². The van der Waals surface area contributed by atoms with E-state index >= 15 is 0 Å². The summed E-state index contributed by atoms with van der Waals surface area (Å²) in [5.74, 6) is 0.715. The highest BCUT2D eigenvalue weighted by molar-refractivity contribution is 5.26. The standard InChI is InChI=1S/C19H32N2/c1-4-12-21-13-6-5-7-18(20)19(21)17-10-8-16(9-11-17)14-15(2)3/h8-11,15,18-19H,4-7,12-14,20H2,1-3H3. The van der Waals surface area contributed by atoms with Crippen molar-refractivity contribution in [1.82, 2.24) is 4.90 Å². The SMILES string of the molecule is CCCN1CCCCC(N)C1c1ccc(CC(C)C)cc1. The monoisotopic (exact) mass is 288 g/mol. The van der Waals surface area contributed by atoms with E-state index in [2.05, 4.69) is 49.9 Å². The maximum absolute atomic E-state index is 6.51. The predicted molar refractivity (Wildman–Crippen MR) is 91.4 cm³/mol. The van der Waals surface area contributed by atoms with Gasteiger partial charge in [0, 0.05) is 12.1 Å². The number of nitrogens with zero attached hydrogens (tertiary/aromatic N) is 1. The van der Waals surface area contributed by atoms with E-state index < -0.39 is 0 Å². The van der Waals surface area contributed by atoms with Gasteiger partial charge in [0.25, 0.3) is 0 Å². The van der Waals surface area contributed by atoms with Crippen molar-refractivity contribution in [1.29, 1.82) is 0 Å². The zero-order valence-electron chi connectivity index (χ0n) is 14.0. The van der Waals surface area contributed by atoms with Gasteiger partial charge >= 0.3 is 0 Å². The number of likely N-dealkylation sites (tertiary alicyclic amines) is 1. The number of hydrogen-bond acceptors (Lipinski definition) is 2. The summed E-state index contributed by atoms with van der Waals surface area (Å²) >= 11 is 0. The van der Waals surface area contributed by atoms with Crippen molar-refractivity contribution in [2.45, 2.75) is 65.0 Å². The summed E-state index contributed by atoms with van der Waals surface area (Å²) in [6.07, 6.45) is 6.07. The van der Waals surface area contributed by atoms with Crippen LogP contribution in [-0.2, 0) is 6.42 Å². The zero-order chi connectivity index (χ0) is 15.2. The van der Waals surface area contributed by atoms with Gasteiger partial charge in [0.05, 0.1) is 0 Å². The Balaban J connectivity index is 2.18. The fourth-order valence-electron chi connectivity index (χ4n) is 3.58. The molecule has 1 fully saturated rings. The predicted octanol–water partition coefficient (Wildman–Crippen LogP) is 4.15. The van der Waals surface area contributed by atoms with E-state index in [-0.39, 0.29) is 6.04 Å². The molecule has 1 saturated heterocycles. The highest BCUT2D eigenvalue weighted by atomic mass is 15.2. The minimum Gasteiger partial charge on any atom is -0.326 e. The third kappa shape index (κ3) is 4.55. The molecule has 0 saturated carbocycles. The zero-order valence-corrected chi connectivity index (χ0v) is 14.0. The lowest BCUT2D eigenvalue weighted by Crippen LogP contribution is -2.40. The minimum atomic E-state index is 0.273. The van der Waals surface area contributed by atoms with Crippen LogP contribution >= 0.6 is 0 Å². The van der Waals surface area contributed by atoms with E-state index in [1.165, 1.54) is 36.9 Å². The van der Waals surface area contributed by atoms with Crippen molar-refractivity contribution in [3.63, 3.8) is 0 Å². The fourth-order valence-corrected chi connectivity index (χ4v) is 3.58. The van der Waals surface area contributed by atoms with Gasteiger partial charge in [-0.25, -0.2) is 0 Å². The molecule has 2 N–H and O–H groups in total. The first-order chi connectivity index (χ1) is 10.1. The summed E-state index contributed by atoms with van der Waals surface area (Å²) in [5, 5.41) is 0. The molecule has 1 aliphatic heterocycles. The number of benzene rings is 1. The molecule has 2 rings (SSSR count). The van der Waals surface area contributed by atoms with E-state index in [0.717, 1.165) is 19.4 Å². The molecule has 1 aromatic rings. The molecule has 1 aliphatic rings. The molecular formula is C19H32N2. The van der Waals surface area contributed by atoms with Crippen molar-refractivity contribution in [3.05, 3.63) is 35.4 Å². The summed E-state index contributed by atoms with van der Waals surface area (Å²) in [7, 11) is 0. The van der Waals surface area contributed by atoms with Crippen molar-refractivity contribution < 1.29 is 0 Å². The lowest BCUT2D eigenvalue weighted by Gasteiger charge is -2.33. The van der Waals surface area contributed by atoms with Gasteiger partial charge in [0.2, 0.25) is 0 Å². The summed E-state index contributed by atoms with van der Waals surface area (Å²) in [6, 6.07) is 9.91. The van der Waals surface area contributed by atoms with E-state index in [9.17, 15) is 0 Å². The molecule has 1 aromatic carbocycles. The van der Waals surface area contributed by atoms with Crippen molar-refractivity contribution >= 4 is 0 Å². The van der Waals surface area contributed by atoms with E-state index in [4.69, 9.17) is 5.73 Å². The lowest BCUT2D eigenvalue weighted by molar-refractivity contribution is 0.186. The van der Waals surface area contributed by atoms with Crippen molar-refractivity contribution in [2.24, 2.45) is 11.7 Å². The molecule has 0 radical (unpaired) electrons. The Morgan fingerprint density at radius 3 is 2.52 bits per heavy atom. The third-order valence-corrected chi connectivity index (χ3v) is 4.51. The molecule has 0 spiro atoms. The molecule has 0 amide bonds. The quantitative estimate of drug-likeness (QED) is 0.882. The first-order valence-corrected chi connectivity index (χ1v) is 8.70. The molecule has 2 heteroatoms. The summed E-state index contributed by atoms with van der Waals surface area (Å²) in [6.45, 7) is 9.17. The Morgan fingerprint density at radius 1 is 1.19 bits per heavy atom. The number of rotatable bonds is 5. The summed E-state index contributed by atoms with van der Waals surface area (Å²) in [4.78, 5) is 2.61. The Labute approximate surface area is 130 Å². The molecule has 0 bridgehead atoms. The van der Waals surface area contributed by atoms with Gasteiger partial charge in [0.1, 0.15) is 0 Å². The van der Waals surface area contributed by atoms with Crippen LogP contribution in [0.4, 0.5) is 0 Å². The topological polar surface area (TPSA) is 29.3 Å². The van der Waals surface area contributed by atoms with Gasteiger partial charge in [-0.1, -0.05) is 51.5 Å². The van der Waals surface area contributed by atoms with Crippen molar-refractivity contribution in [2.75, 3.05) is 13.1 Å². The third-order valence-electron chi connectivity index (χ3n) is 4.51. The molecule has 21 heavy (non-hydrogen) atoms. The molecule has 118 valence electrons. The lowest BCUT2D eigenvalue weighted by atomic mass is 9.94. The Bertz CT molecular complexity index is 410. The van der Waals surface area contributed by atoms with Crippen LogP contribution in [0.15, 0.2) is 24.3 Å². The Morgan fingerprint density at radius 2 is 1.90 bits per heavy atom. The average Bonchev–Trinajstić information content (AvgIpc) is 2.62. The van der Waals surface area contributed by atoms with Gasteiger partial charge in [-0.3, -0.25) is 4.90 Å².